The van der Waals surface area contributed by atoms with E-state index in [4.69, 9.17) is 28.4 Å². The van der Waals surface area contributed by atoms with Crippen LogP contribution in [0, 0.1) is 28.6 Å². The van der Waals surface area contributed by atoms with Gasteiger partial charge in [0, 0.05) is 76.5 Å². The minimum absolute atomic E-state index is 0.0954. The van der Waals surface area contributed by atoms with Crippen molar-refractivity contribution in [3.8, 4) is 0 Å². The second-order valence-corrected chi connectivity index (χ2v) is 15.6. The normalized spacial score (nSPS) is 47.5. The molecule has 0 radical (unpaired) electrons. The summed E-state index contributed by atoms with van der Waals surface area (Å²) >= 11 is 0. The van der Waals surface area contributed by atoms with Crippen LogP contribution < -0.4 is 0 Å². The number of esters is 2. The monoisotopic (exact) mass is 709 g/mol. The van der Waals surface area contributed by atoms with E-state index in [9.17, 15) is 30.0 Å². The van der Waals surface area contributed by atoms with E-state index in [1.165, 1.54) is 21.3 Å². The Morgan fingerprint density at radius 1 is 0.843 bits per heavy atom. The fourth-order valence-corrected chi connectivity index (χ4v) is 12.8. The van der Waals surface area contributed by atoms with Crippen LogP contribution in [0.1, 0.15) is 33.6 Å². The van der Waals surface area contributed by atoms with E-state index >= 15 is 0 Å². The number of methoxy groups -OCH3 is 4. The lowest BCUT2D eigenvalue weighted by molar-refractivity contribution is -0.351. The zero-order valence-electron chi connectivity index (χ0n) is 29.4. The lowest BCUT2D eigenvalue weighted by Gasteiger charge is -2.72. The van der Waals surface area contributed by atoms with Crippen LogP contribution in [0.5, 0.6) is 0 Å². The SMILES string of the molecule is COC[C@]12CN(C)[C@@H]3[C@@H]4[C@H](OC)[C@H]1[C@@]3([C@@H](OC)C[C@H]2O)[C@]1(O)C[C@@]2(O)[C@H](OC(=O)c3ccccc3)[C@@H]1[C@]4(OC(=O)c1ccccc1)[C@@H](O)[C@@H]2OC. The van der Waals surface area contributed by atoms with Gasteiger partial charge in [0.25, 0.3) is 0 Å². The van der Waals surface area contributed by atoms with Crippen LogP contribution in [0.25, 0.3) is 0 Å². The molecule has 5 aliphatic carbocycles. The molecular formula is C38H47NO12. The van der Waals surface area contributed by atoms with E-state index in [0.29, 0.717) is 6.54 Å². The zero-order valence-corrected chi connectivity index (χ0v) is 29.4. The molecule has 1 heterocycles. The van der Waals surface area contributed by atoms with Gasteiger partial charge in [-0.1, -0.05) is 36.4 Å². The predicted molar refractivity (Wildman–Crippen MR) is 177 cm³/mol. The number of likely N-dealkylation sites (tertiary alicyclic amines) is 1. The number of rotatable bonds is 9. The molecule has 6 fully saturated rings. The van der Waals surface area contributed by atoms with Crippen molar-refractivity contribution < 1.29 is 58.4 Å². The summed E-state index contributed by atoms with van der Waals surface area (Å²) in [7, 11) is 7.79. The number of hydrogen-bond donors (Lipinski definition) is 4. The molecule has 0 aromatic heterocycles. The molecule has 8 rings (SSSR count). The maximum absolute atomic E-state index is 14.4. The number of piperidine rings is 1. The summed E-state index contributed by atoms with van der Waals surface area (Å²) in [6, 6.07) is 15.9. The van der Waals surface area contributed by atoms with Gasteiger partial charge < -0.3 is 53.7 Å². The molecule has 0 amide bonds. The first kappa shape index (κ1) is 35.1. The van der Waals surface area contributed by atoms with Crippen LogP contribution in [0.15, 0.2) is 60.7 Å². The number of benzene rings is 2. The summed E-state index contributed by atoms with van der Waals surface area (Å²) in [6.45, 7) is 0.425. The molecule has 13 nitrogen and oxygen atoms in total. The van der Waals surface area contributed by atoms with Gasteiger partial charge in [0.2, 0.25) is 0 Å². The highest BCUT2D eigenvalue weighted by molar-refractivity contribution is 5.90. The Labute approximate surface area is 296 Å². The zero-order chi connectivity index (χ0) is 36.3. The average Bonchev–Trinajstić information content (AvgIpc) is 3.49. The molecular weight excluding hydrogens is 662 g/mol. The molecule has 276 valence electrons. The van der Waals surface area contributed by atoms with Crippen LogP contribution in [-0.2, 0) is 28.4 Å². The van der Waals surface area contributed by atoms with Gasteiger partial charge in [-0.3, -0.25) is 0 Å². The number of ether oxygens (including phenoxy) is 6. The summed E-state index contributed by atoms with van der Waals surface area (Å²) in [5.74, 6) is -4.57. The van der Waals surface area contributed by atoms with E-state index in [2.05, 4.69) is 0 Å². The molecule has 0 unspecified atom stereocenters. The highest BCUT2D eigenvalue weighted by Crippen LogP contribution is 2.81. The van der Waals surface area contributed by atoms with Crippen LogP contribution in [0.2, 0.25) is 0 Å². The van der Waals surface area contributed by atoms with Crippen molar-refractivity contribution in [2.24, 2.45) is 28.6 Å². The van der Waals surface area contributed by atoms with Gasteiger partial charge in [0.15, 0.2) is 5.60 Å². The number of carbonyl (C=O) groups is 2. The fourth-order valence-electron chi connectivity index (χ4n) is 12.8. The lowest BCUT2D eigenvalue weighted by Crippen LogP contribution is -2.85. The Balaban J connectivity index is 1.44. The molecule has 1 aliphatic heterocycles. The third kappa shape index (κ3) is 4.02. The fraction of sp³-hybridized carbons (Fsp3) is 0.632. The minimum Gasteiger partial charge on any atom is -0.455 e. The largest absolute Gasteiger partial charge is 0.455 e. The molecule has 4 N–H and O–H groups in total. The number of hydrogen-bond acceptors (Lipinski definition) is 13. The summed E-state index contributed by atoms with van der Waals surface area (Å²) in [5.41, 5.74) is -8.25. The standard InChI is InChI=1S/C38H47NO12/c1-39-18-34(19-46-2)22(40)16-23(47-3)37-26(34)25(48-4)24(28(37)39)38(51-33(43)21-14-10-7-11-15-21)27-30(50-32(42)20-12-8-6-9-13-20)35(44,17-36(27,37)45)31(49-5)29(38)41/h6-15,22-31,40-41,44-45H,16-19H2,1-5H3/t22-,23+,24+,25+,26-,27+,28-,29+,30-,31+,34+,35-,36+,37-,38+/m1/s1. The molecule has 2 aromatic carbocycles. The van der Waals surface area contributed by atoms with Gasteiger partial charge in [0.1, 0.15) is 23.9 Å². The smallest absolute Gasteiger partial charge is 0.338 e. The Kier molecular flexibility index (Phi) is 8.09. The van der Waals surface area contributed by atoms with Gasteiger partial charge in [-0.2, -0.15) is 0 Å². The lowest BCUT2D eigenvalue weighted by atomic mass is 9.40. The van der Waals surface area contributed by atoms with E-state index in [1.807, 2.05) is 11.9 Å². The Morgan fingerprint density at radius 3 is 2.04 bits per heavy atom. The van der Waals surface area contributed by atoms with E-state index in [1.54, 1.807) is 67.8 Å². The Morgan fingerprint density at radius 2 is 1.47 bits per heavy atom. The second-order valence-electron chi connectivity index (χ2n) is 15.6. The molecule has 15 atom stereocenters. The van der Waals surface area contributed by atoms with Gasteiger partial charge >= 0.3 is 11.9 Å². The predicted octanol–water partition coefficient (Wildman–Crippen LogP) is 0.667. The highest BCUT2D eigenvalue weighted by atomic mass is 16.6. The molecule has 7 bridgehead atoms. The Hall–Kier alpha value is -2.98. The van der Waals surface area contributed by atoms with Crippen molar-refractivity contribution in [2.45, 2.75) is 72.3 Å². The van der Waals surface area contributed by atoms with Crippen LogP contribution >= 0.6 is 0 Å². The van der Waals surface area contributed by atoms with Crippen LogP contribution in [0.4, 0.5) is 0 Å². The molecule has 5 saturated carbocycles. The molecule has 13 heteroatoms. The molecule has 1 spiro atoms. The number of nitrogens with zero attached hydrogens (tertiary/aromatic N) is 1. The number of aliphatic hydroxyl groups is 4. The van der Waals surface area contributed by atoms with Crippen LogP contribution in [0.3, 0.4) is 0 Å². The van der Waals surface area contributed by atoms with Gasteiger partial charge in [-0.25, -0.2) is 9.59 Å². The van der Waals surface area contributed by atoms with Crippen molar-refractivity contribution >= 4 is 11.9 Å². The van der Waals surface area contributed by atoms with E-state index in [0.717, 1.165) is 0 Å². The summed E-state index contributed by atoms with van der Waals surface area (Å²) in [6.07, 6.45) is -7.69. The van der Waals surface area contributed by atoms with E-state index in [-0.39, 0.29) is 24.2 Å². The maximum atomic E-state index is 14.4. The molecule has 1 saturated heterocycles. The highest BCUT2D eigenvalue weighted by Gasteiger charge is 2.96. The average molecular weight is 710 g/mol. The summed E-state index contributed by atoms with van der Waals surface area (Å²) in [5, 5.41) is 51.8. The first-order chi connectivity index (χ1) is 24.4. The van der Waals surface area contributed by atoms with Crippen molar-refractivity contribution in [1.29, 1.82) is 0 Å². The third-order valence-electron chi connectivity index (χ3n) is 13.9. The number of carbonyl (C=O) groups excluding carboxylic acids is 2. The van der Waals surface area contributed by atoms with Gasteiger partial charge in [-0.15, -0.1) is 0 Å². The summed E-state index contributed by atoms with van der Waals surface area (Å²) < 4.78 is 37.5. The summed E-state index contributed by atoms with van der Waals surface area (Å²) in [4.78, 5) is 30.4. The number of fused-ring (bicyclic) bond motifs is 2. The number of aliphatic hydroxyl groups excluding tert-OH is 2. The molecule has 2 aromatic rings. The second kappa shape index (κ2) is 11.8. The van der Waals surface area contributed by atoms with Gasteiger partial charge in [0.05, 0.1) is 47.6 Å². The minimum atomic E-state index is -2.16. The Bertz CT molecular complexity index is 1680. The van der Waals surface area contributed by atoms with E-state index < -0.39 is 106 Å². The van der Waals surface area contributed by atoms with Crippen molar-refractivity contribution in [2.75, 3.05) is 48.6 Å². The van der Waals surface area contributed by atoms with Crippen molar-refractivity contribution in [3.05, 3.63) is 71.8 Å². The first-order valence-corrected chi connectivity index (χ1v) is 17.5. The quantitative estimate of drug-likeness (QED) is 0.268. The van der Waals surface area contributed by atoms with Crippen LogP contribution in [-0.4, -0.2) is 145 Å². The first-order valence-electron chi connectivity index (χ1n) is 17.5. The molecule has 51 heavy (non-hydrogen) atoms. The van der Waals surface area contributed by atoms with Gasteiger partial charge in [-0.05, 0) is 31.3 Å². The topological polar surface area (TPSA) is 174 Å². The van der Waals surface area contributed by atoms with Crippen molar-refractivity contribution in [3.63, 3.8) is 0 Å². The molecule has 6 aliphatic rings. The third-order valence-corrected chi connectivity index (χ3v) is 13.9. The van der Waals surface area contributed by atoms with Crippen molar-refractivity contribution in [1.82, 2.24) is 4.90 Å². The maximum Gasteiger partial charge on any atom is 0.338 e.